The van der Waals surface area contributed by atoms with Gasteiger partial charge >= 0.3 is 0 Å². The Bertz CT molecular complexity index is 292. The van der Waals surface area contributed by atoms with Gasteiger partial charge in [-0.05, 0) is 11.0 Å². The van der Waals surface area contributed by atoms with Crippen molar-refractivity contribution in [2.24, 2.45) is 11.1 Å². The van der Waals surface area contributed by atoms with Crippen LogP contribution in [0.3, 0.4) is 0 Å². The minimum absolute atomic E-state index is 0. The molecule has 0 amide bonds. The lowest BCUT2D eigenvalue weighted by molar-refractivity contribution is 0.325. The summed E-state index contributed by atoms with van der Waals surface area (Å²) in [6.07, 6.45) is 1.77. The molecule has 4 heteroatoms. The molecule has 0 aromatic carbocycles. The first kappa shape index (κ1) is 14.2. The molecule has 0 aliphatic carbocycles. The van der Waals surface area contributed by atoms with Crippen LogP contribution >= 0.6 is 12.4 Å². The molecule has 1 rings (SSSR count). The average molecular weight is 231 g/mol. The van der Waals surface area contributed by atoms with E-state index in [9.17, 15) is 0 Å². The lowest BCUT2D eigenvalue weighted by Crippen LogP contribution is -2.26. The number of hydrogen-bond acceptors (Lipinski definition) is 3. The maximum Gasteiger partial charge on any atom is 0.212 e. The highest BCUT2D eigenvalue weighted by molar-refractivity contribution is 5.85. The Hall–Kier alpha value is -0.800. The van der Waals surface area contributed by atoms with Gasteiger partial charge in [0.2, 0.25) is 5.88 Å². The predicted molar refractivity (Wildman–Crippen MR) is 64.4 cm³/mol. The van der Waals surface area contributed by atoms with Crippen molar-refractivity contribution >= 4 is 12.4 Å². The standard InChI is InChI=1S/C11H18N2O.ClH/c1-11(2,3)10(12)8-5-6-9(14-4)13-7-8;/h5-7,10H,12H2,1-4H3;1H/t10-;/m1./s1. The molecule has 1 aromatic heterocycles. The number of halogens is 1. The second-order valence-corrected chi connectivity index (χ2v) is 4.48. The number of hydrogen-bond donors (Lipinski definition) is 1. The van der Waals surface area contributed by atoms with Crippen molar-refractivity contribution in [2.75, 3.05) is 7.11 Å². The monoisotopic (exact) mass is 230 g/mol. The Balaban J connectivity index is 0.00000196. The van der Waals surface area contributed by atoms with Crippen LogP contribution < -0.4 is 10.5 Å². The molecular weight excluding hydrogens is 212 g/mol. The summed E-state index contributed by atoms with van der Waals surface area (Å²) in [5.74, 6) is 0.620. The van der Waals surface area contributed by atoms with E-state index in [1.807, 2.05) is 12.1 Å². The van der Waals surface area contributed by atoms with E-state index in [-0.39, 0.29) is 23.9 Å². The van der Waals surface area contributed by atoms with Gasteiger partial charge in [0.1, 0.15) is 0 Å². The number of nitrogens with zero attached hydrogens (tertiary/aromatic N) is 1. The number of methoxy groups -OCH3 is 1. The summed E-state index contributed by atoms with van der Waals surface area (Å²) < 4.78 is 4.98. The summed E-state index contributed by atoms with van der Waals surface area (Å²) in [4.78, 5) is 4.13. The van der Waals surface area contributed by atoms with Gasteiger partial charge < -0.3 is 10.5 Å². The van der Waals surface area contributed by atoms with Crippen LogP contribution in [0.15, 0.2) is 18.3 Å². The Morgan fingerprint density at radius 1 is 1.33 bits per heavy atom. The van der Waals surface area contributed by atoms with E-state index in [1.165, 1.54) is 0 Å². The van der Waals surface area contributed by atoms with Gasteiger partial charge in [-0.1, -0.05) is 26.8 Å². The SMILES string of the molecule is COc1ccc([C@@H](N)C(C)(C)C)cn1.Cl. The molecule has 3 nitrogen and oxygen atoms in total. The van der Waals surface area contributed by atoms with E-state index in [2.05, 4.69) is 25.8 Å². The summed E-state index contributed by atoms with van der Waals surface area (Å²) in [6.45, 7) is 6.34. The van der Waals surface area contributed by atoms with Gasteiger partial charge in [0.15, 0.2) is 0 Å². The van der Waals surface area contributed by atoms with Crippen LogP contribution in [0.4, 0.5) is 0 Å². The van der Waals surface area contributed by atoms with Crippen molar-refractivity contribution < 1.29 is 4.74 Å². The Labute approximate surface area is 97.4 Å². The van der Waals surface area contributed by atoms with Crippen LogP contribution in [0, 0.1) is 5.41 Å². The Morgan fingerprint density at radius 2 is 1.93 bits per heavy atom. The number of ether oxygens (including phenoxy) is 1. The highest BCUT2D eigenvalue weighted by atomic mass is 35.5. The zero-order chi connectivity index (χ0) is 10.8. The molecule has 0 aliphatic heterocycles. The zero-order valence-electron chi connectivity index (χ0n) is 9.65. The van der Waals surface area contributed by atoms with Crippen LogP contribution in [0.5, 0.6) is 5.88 Å². The molecule has 0 bridgehead atoms. The zero-order valence-corrected chi connectivity index (χ0v) is 10.5. The minimum atomic E-state index is 0. The van der Waals surface area contributed by atoms with E-state index < -0.39 is 0 Å². The van der Waals surface area contributed by atoms with Gasteiger partial charge in [-0.15, -0.1) is 12.4 Å². The molecule has 2 N–H and O–H groups in total. The molecule has 0 spiro atoms. The second-order valence-electron chi connectivity index (χ2n) is 4.48. The second kappa shape index (κ2) is 5.33. The Kier molecular flexibility index (Phi) is 5.05. The molecule has 86 valence electrons. The molecule has 1 aromatic rings. The number of rotatable bonds is 2. The van der Waals surface area contributed by atoms with Gasteiger partial charge in [0, 0.05) is 18.3 Å². The summed E-state index contributed by atoms with van der Waals surface area (Å²) >= 11 is 0. The van der Waals surface area contributed by atoms with Crippen LogP contribution in [-0.4, -0.2) is 12.1 Å². The van der Waals surface area contributed by atoms with E-state index in [0.29, 0.717) is 5.88 Å². The van der Waals surface area contributed by atoms with Crippen molar-refractivity contribution in [3.05, 3.63) is 23.9 Å². The molecule has 0 saturated carbocycles. The van der Waals surface area contributed by atoms with Gasteiger partial charge in [-0.25, -0.2) is 4.98 Å². The molecule has 0 fully saturated rings. The normalized spacial score (nSPS) is 12.9. The molecule has 15 heavy (non-hydrogen) atoms. The maximum atomic E-state index is 6.08. The highest BCUT2D eigenvalue weighted by Gasteiger charge is 2.22. The number of aromatic nitrogens is 1. The largest absolute Gasteiger partial charge is 0.481 e. The third-order valence-electron chi connectivity index (χ3n) is 2.26. The molecular formula is C11H19ClN2O. The molecule has 1 heterocycles. The first-order valence-electron chi connectivity index (χ1n) is 4.70. The van der Waals surface area contributed by atoms with Crippen molar-refractivity contribution in [2.45, 2.75) is 26.8 Å². The Morgan fingerprint density at radius 3 is 2.27 bits per heavy atom. The van der Waals surface area contributed by atoms with Crippen LogP contribution in [-0.2, 0) is 0 Å². The minimum Gasteiger partial charge on any atom is -0.481 e. The summed E-state index contributed by atoms with van der Waals surface area (Å²) in [7, 11) is 1.60. The first-order valence-corrected chi connectivity index (χ1v) is 4.70. The van der Waals surface area contributed by atoms with E-state index in [0.717, 1.165) is 5.56 Å². The molecule has 0 saturated heterocycles. The lowest BCUT2D eigenvalue weighted by Gasteiger charge is -2.27. The molecule has 0 radical (unpaired) electrons. The third-order valence-corrected chi connectivity index (χ3v) is 2.26. The van der Waals surface area contributed by atoms with E-state index in [1.54, 1.807) is 13.3 Å². The van der Waals surface area contributed by atoms with Crippen molar-refractivity contribution in [1.29, 1.82) is 0 Å². The molecule has 0 aliphatic rings. The van der Waals surface area contributed by atoms with Gasteiger partial charge in [0.05, 0.1) is 7.11 Å². The van der Waals surface area contributed by atoms with Crippen LogP contribution in [0.1, 0.15) is 32.4 Å². The molecule has 1 atom stereocenters. The van der Waals surface area contributed by atoms with Crippen LogP contribution in [0.25, 0.3) is 0 Å². The van der Waals surface area contributed by atoms with Crippen LogP contribution in [0.2, 0.25) is 0 Å². The third kappa shape index (κ3) is 3.68. The fraction of sp³-hybridized carbons (Fsp3) is 0.545. The van der Waals surface area contributed by atoms with Crippen molar-refractivity contribution in [1.82, 2.24) is 4.98 Å². The van der Waals surface area contributed by atoms with E-state index in [4.69, 9.17) is 10.5 Å². The van der Waals surface area contributed by atoms with Crippen molar-refractivity contribution in [3.8, 4) is 5.88 Å². The van der Waals surface area contributed by atoms with Gasteiger partial charge in [-0.3, -0.25) is 0 Å². The fourth-order valence-corrected chi connectivity index (χ4v) is 1.20. The summed E-state index contributed by atoms with van der Waals surface area (Å²) in [5, 5.41) is 0. The summed E-state index contributed by atoms with van der Waals surface area (Å²) in [5.41, 5.74) is 7.17. The smallest absolute Gasteiger partial charge is 0.212 e. The van der Waals surface area contributed by atoms with Crippen molar-refractivity contribution in [3.63, 3.8) is 0 Å². The van der Waals surface area contributed by atoms with E-state index >= 15 is 0 Å². The first-order chi connectivity index (χ1) is 6.45. The quantitative estimate of drug-likeness (QED) is 0.850. The van der Waals surface area contributed by atoms with Gasteiger partial charge in [-0.2, -0.15) is 0 Å². The number of nitrogens with two attached hydrogens (primary N) is 1. The topological polar surface area (TPSA) is 48.1 Å². The summed E-state index contributed by atoms with van der Waals surface area (Å²) in [6, 6.07) is 3.80. The molecule has 0 unspecified atom stereocenters. The lowest BCUT2D eigenvalue weighted by atomic mass is 9.84. The fourth-order valence-electron chi connectivity index (χ4n) is 1.20. The highest BCUT2D eigenvalue weighted by Crippen LogP contribution is 2.30. The maximum absolute atomic E-state index is 6.08. The predicted octanol–water partition coefficient (Wildman–Crippen LogP) is 2.56. The average Bonchev–Trinajstić information content (AvgIpc) is 2.15. The van der Waals surface area contributed by atoms with Gasteiger partial charge in [0.25, 0.3) is 0 Å². The number of pyridine rings is 1.